The highest BCUT2D eigenvalue weighted by atomic mass is 32.1. The van der Waals surface area contributed by atoms with Crippen molar-refractivity contribution in [1.29, 1.82) is 0 Å². The standard InChI is InChI=1S/C27H24F4N6O2S/c28-19-12-10-17(11-13-19)25-33-35-36(34-25)16-23(38)37(21-8-3-5-18(15-21)27(29,30)31)24(22-9-4-14-40-22)26(39)32-20-6-1-2-7-20/h3-5,8-15,20,24H,1-2,6-7,16H2,(H,32,39). The predicted octanol–water partition coefficient (Wildman–Crippen LogP) is 5.39. The lowest BCUT2D eigenvalue weighted by Crippen LogP contribution is -2.47. The minimum atomic E-state index is -4.66. The molecule has 1 fully saturated rings. The third kappa shape index (κ3) is 6.19. The maximum atomic E-state index is 13.8. The third-order valence-corrected chi connectivity index (χ3v) is 7.50. The fourth-order valence-electron chi connectivity index (χ4n) is 4.66. The minimum Gasteiger partial charge on any atom is -0.351 e. The van der Waals surface area contributed by atoms with Crippen molar-refractivity contribution in [2.75, 3.05) is 4.90 Å². The van der Waals surface area contributed by atoms with Gasteiger partial charge in [-0.05, 0) is 72.0 Å². The van der Waals surface area contributed by atoms with Crippen LogP contribution in [0, 0.1) is 5.82 Å². The van der Waals surface area contributed by atoms with Crippen molar-refractivity contribution in [3.05, 3.63) is 82.3 Å². The van der Waals surface area contributed by atoms with Crippen molar-refractivity contribution in [2.45, 2.75) is 50.5 Å². The number of nitrogens with zero attached hydrogens (tertiary/aromatic N) is 5. The number of hydrogen-bond donors (Lipinski definition) is 1. The Balaban J connectivity index is 1.51. The zero-order valence-corrected chi connectivity index (χ0v) is 21.8. The van der Waals surface area contributed by atoms with Gasteiger partial charge in [-0.3, -0.25) is 14.5 Å². The average molecular weight is 573 g/mol. The fourth-order valence-corrected chi connectivity index (χ4v) is 5.47. The van der Waals surface area contributed by atoms with Gasteiger partial charge in [-0.15, -0.1) is 21.5 Å². The Morgan fingerprint density at radius 1 is 1.07 bits per heavy atom. The number of carbonyl (C=O) groups excluding carboxylic acids is 2. The Bertz CT molecular complexity index is 1470. The molecule has 0 bridgehead atoms. The van der Waals surface area contributed by atoms with Crippen molar-refractivity contribution in [3.63, 3.8) is 0 Å². The van der Waals surface area contributed by atoms with E-state index >= 15 is 0 Å². The van der Waals surface area contributed by atoms with Gasteiger partial charge in [0.05, 0.1) is 5.56 Å². The summed E-state index contributed by atoms with van der Waals surface area (Å²) in [5.41, 5.74) is -0.595. The van der Waals surface area contributed by atoms with Crippen LogP contribution in [0.25, 0.3) is 11.4 Å². The minimum absolute atomic E-state index is 0.0799. The van der Waals surface area contributed by atoms with Crippen LogP contribution in [0.2, 0.25) is 0 Å². The summed E-state index contributed by atoms with van der Waals surface area (Å²) in [5.74, 6) is -1.52. The Labute approximate surface area is 230 Å². The van der Waals surface area contributed by atoms with E-state index in [0.717, 1.165) is 47.5 Å². The summed E-state index contributed by atoms with van der Waals surface area (Å²) in [7, 11) is 0. The summed E-state index contributed by atoms with van der Waals surface area (Å²) >= 11 is 1.22. The molecule has 40 heavy (non-hydrogen) atoms. The number of halogens is 4. The van der Waals surface area contributed by atoms with Crippen LogP contribution in [0.1, 0.15) is 42.2 Å². The zero-order valence-electron chi connectivity index (χ0n) is 21.0. The second-order valence-corrected chi connectivity index (χ2v) is 10.3. The first-order chi connectivity index (χ1) is 19.2. The van der Waals surface area contributed by atoms with E-state index in [1.165, 1.54) is 47.7 Å². The Hall–Kier alpha value is -4.13. The second kappa shape index (κ2) is 11.5. The third-order valence-electron chi connectivity index (χ3n) is 6.57. The van der Waals surface area contributed by atoms with Gasteiger partial charge in [-0.1, -0.05) is 25.0 Å². The lowest BCUT2D eigenvalue weighted by Gasteiger charge is -2.31. The van der Waals surface area contributed by atoms with Crippen LogP contribution in [0.5, 0.6) is 0 Å². The topological polar surface area (TPSA) is 93.0 Å². The van der Waals surface area contributed by atoms with Gasteiger partial charge in [0.15, 0.2) is 0 Å². The first-order valence-corrected chi connectivity index (χ1v) is 13.4. The lowest BCUT2D eigenvalue weighted by molar-refractivity contribution is -0.137. The maximum Gasteiger partial charge on any atom is 0.416 e. The van der Waals surface area contributed by atoms with Crippen LogP contribution in [0.3, 0.4) is 0 Å². The molecule has 0 radical (unpaired) electrons. The molecule has 1 N–H and O–H groups in total. The largest absolute Gasteiger partial charge is 0.416 e. The normalized spacial score (nSPS) is 14.7. The molecular weight excluding hydrogens is 548 g/mol. The van der Waals surface area contributed by atoms with Gasteiger partial charge in [-0.25, -0.2) is 4.39 Å². The summed E-state index contributed by atoms with van der Waals surface area (Å²) in [6, 6.07) is 11.7. The van der Waals surface area contributed by atoms with Crippen LogP contribution >= 0.6 is 11.3 Å². The molecule has 0 saturated heterocycles. The molecule has 2 heterocycles. The van der Waals surface area contributed by atoms with E-state index in [4.69, 9.17) is 0 Å². The summed E-state index contributed by atoms with van der Waals surface area (Å²) in [4.78, 5) is 30.0. The van der Waals surface area contributed by atoms with Gasteiger partial charge in [0.2, 0.25) is 11.7 Å². The summed E-state index contributed by atoms with van der Waals surface area (Å²) in [6.45, 7) is -0.511. The van der Waals surface area contributed by atoms with Crippen molar-refractivity contribution < 1.29 is 27.2 Å². The molecule has 208 valence electrons. The first kappa shape index (κ1) is 27.4. The molecule has 8 nitrogen and oxygen atoms in total. The number of rotatable bonds is 8. The molecule has 0 spiro atoms. The van der Waals surface area contributed by atoms with Crippen molar-refractivity contribution in [2.24, 2.45) is 0 Å². The van der Waals surface area contributed by atoms with E-state index in [1.807, 2.05) is 0 Å². The molecule has 1 aliphatic rings. The second-order valence-electron chi connectivity index (χ2n) is 9.37. The number of aromatic nitrogens is 4. The maximum absolute atomic E-state index is 13.8. The molecule has 1 unspecified atom stereocenters. The Kier molecular flexibility index (Phi) is 7.92. The van der Waals surface area contributed by atoms with E-state index in [-0.39, 0.29) is 17.6 Å². The molecule has 13 heteroatoms. The molecule has 5 rings (SSSR count). The Morgan fingerprint density at radius 2 is 1.82 bits per heavy atom. The van der Waals surface area contributed by atoms with Crippen molar-refractivity contribution in [1.82, 2.24) is 25.5 Å². The number of alkyl halides is 3. The molecule has 1 saturated carbocycles. The van der Waals surface area contributed by atoms with E-state index in [1.54, 1.807) is 17.5 Å². The van der Waals surface area contributed by atoms with Crippen LogP contribution in [-0.4, -0.2) is 38.1 Å². The molecule has 2 amide bonds. The fraction of sp³-hybridized carbons (Fsp3) is 0.296. The quantitative estimate of drug-likeness (QED) is 0.286. The number of tetrazole rings is 1. The first-order valence-electron chi connectivity index (χ1n) is 12.6. The summed E-state index contributed by atoms with van der Waals surface area (Å²) < 4.78 is 54.2. The highest BCUT2D eigenvalue weighted by Gasteiger charge is 2.37. The van der Waals surface area contributed by atoms with E-state index in [0.29, 0.717) is 10.4 Å². The smallest absolute Gasteiger partial charge is 0.351 e. The molecule has 2 aromatic heterocycles. The number of amides is 2. The van der Waals surface area contributed by atoms with Crippen LogP contribution in [-0.2, 0) is 22.3 Å². The van der Waals surface area contributed by atoms with Gasteiger partial charge in [0.25, 0.3) is 5.91 Å². The molecule has 0 aliphatic heterocycles. The molecular formula is C27H24F4N6O2S. The van der Waals surface area contributed by atoms with Gasteiger partial charge >= 0.3 is 6.18 Å². The van der Waals surface area contributed by atoms with Gasteiger partial charge in [-0.2, -0.15) is 18.0 Å². The summed E-state index contributed by atoms with van der Waals surface area (Å²) in [6.07, 6.45) is -1.17. The monoisotopic (exact) mass is 572 g/mol. The number of anilines is 1. The van der Waals surface area contributed by atoms with Crippen LogP contribution in [0.15, 0.2) is 66.0 Å². The van der Waals surface area contributed by atoms with Crippen molar-refractivity contribution >= 4 is 28.8 Å². The van der Waals surface area contributed by atoms with E-state index in [9.17, 15) is 27.2 Å². The molecule has 2 aromatic carbocycles. The van der Waals surface area contributed by atoms with Crippen LogP contribution < -0.4 is 10.2 Å². The number of thiophene rings is 1. The van der Waals surface area contributed by atoms with Gasteiger partial charge < -0.3 is 5.32 Å². The van der Waals surface area contributed by atoms with E-state index in [2.05, 4.69) is 20.7 Å². The zero-order chi connectivity index (χ0) is 28.3. The number of nitrogens with one attached hydrogen (secondary N) is 1. The predicted molar refractivity (Wildman–Crippen MR) is 140 cm³/mol. The number of benzene rings is 2. The van der Waals surface area contributed by atoms with Crippen molar-refractivity contribution in [3.8, 4) is 11.4 Å². The van der Waals surface area contributed by atoms with Crippen LogP contribution in [0.4, 0.5) is 23.2 Å². The van der Waals surface area contributed by atoms with E-state index < -0.39 is 42.0 Å². The SMILES string of the molecule is O=C(NC1CCCC1)C(c1cccs1)N(C(=O)Cn1nnc(-c2ccc(F)cc2)n1)c1cccc(C(F)(F)F)c1. The highest BCUT2D eigenvalue weighted by molar-refractivity contribution is 7.10. The molecule has 1 aliphatic carbocycles. The lowest BCUT2D eigenvalue weighted by atomic mass is 10.1. The number of carbonyl (C=O) groups is 2. The summed E-state index contributed by atoms with van der Waals surface area (Å²) in [5, 5.41) is 16.7. The molecule has 4 aromatic rings. The van der Waals surface area contributed by atoms with Gasteiger partial charge in [0, 0.05) is 22.2 Å². The average Bonchev–Trinajstić information content (AvgIpc) is 3.71. The Morgan fingerprint density at radius 3 is 2.50 bits per heavy atom. The number of hydrogen-bond acceptors (Lipinski definition) is 6. The molecule has 1 atom stereocenters. The van der Waals surface area contributed by atoms with Gasteiger partial charge in [0.1, 0.15) is 18.4 Å². The highest BCUT2D eigenvalue weighted by Crippen LogP contribution is 2.36.